The Morgan fingerprint density at radius 1 is 0.810 bits per heavy atom. The fourth-order valence-electron chi connectivity index (χ4n) is 5.25. The summed E-state index contributed by atoms with van der Waals surface area (Å²) < 4.78 is 17.2. The molecule has 2 aliphatic heterocycles. The lowest BCUT2D eigenvalue weighted by atomic mass is 9.77. The van der Waals surface area contributed by atoms with Gasteiger partial charge < -0.3 is 35.1 Å². The van der Waals surface area contributed by atoms with Gasteiger partial charge in [-0.15, -0.1) is 0 Å². The normalized spacial score (nSPS) is 14.2. The first-order valence-corrected chi connectivity index (χ1v) is 14.0. The number of phenolic OH excluding ortho intramolecular Hbond substituents is 2. The molecule has 2 heterocycles. The van der Waals surface area contributed by atoms with Crippen LogP contribution in [-0.4, -0.2) is 46.9 Å². The molecule has 0 aliphatic carbocycles. The van der Waals surface area contributed by atoms with Gasteiger partial charge >= 0.3 is 12.1 Å². The lowest BCUT2D eigenvalue weighted by molar-refractivity contribution is 0.0223. The van der Waals surface area contributed by atoms with Gasteiger partial charge in [-0.05, 0) is 76.1 Å². The van der Waals surface area contributed by atoms with Crippen molar-refractivity contribution >= 4 is 18.0 Å². The minimum Gasteiger partial charge on any atom is -0.508 e. The first-order chi connectivity index (χ1) is 20.0. The second-order valence-electron chi connectivity index (χ2n) is 11.4. The highest BCUT2D eigenvalue weighted by Crippen LogP contribution is 2.57. The van der Waals surface area contributed by atoms with Crippen LogP contribution in [0.3, 0.4) is 0 Å². The van der Waals surface area contributed by atoms with Gasteiger partial charge in [0.15, 0.2) is 5.60 Å². The van der Waals surface area contributed by atoms with Gasteiger partial charge in [0, 0.05) is 47.5 Å². The first-order valence-electron chi connectivity index (χ1n) is 14.0. The topological polar surface area (TPSA) is 143 Å². The maximum absolute atomic E-state index is 13.1. The molecule has 10 heteroatoms. The number of ether oxygens (including phenoxy) is 3. The predicted octanol–water partition coefficient (Wildman–Crippen LogP) is 5.48. The fourth-order valence-corrected chi connectivity index (χ4v) is 5.25. The summed E-state index contributed by atoms with van der Waals surface area (Å²) >= 11 is 0. The van der Waals surface area contributed by atoms with Crippen LogP contribution in [0.4, 0.5) is 4.79 Å². The standard InChI is InChI=1S/C32H34N2O8/c1-31(2,3)42-30(39)34-15-7-5-4-6-14-33-28(37)19-8-11-22-25(16-19)32(41-29(22)38)23-12-9-20(35)17-26(23)40-27-18-21(36)10-13-24(27)32/h8-13,16-18,35-36H,4-7,14-15H2,1-3H3,(H,33,37)(H,34,39). The molecule has 0 unspecified atom stereocenters. The van der Waals surface area contributed by atoms with Crippen LogP contribution in [0.15, 0.2) is 54.6 Å². The second-order valence-corrected chi connectivity index (χ2v) is 11.4. The Balaban J connectivity index is 1.27. The van der Waals surface area contributed by atoms with Crippen LogP contribution in [0.2, 0.25) is 0 Å². The molecule has 2 amide bonds. The number of phenols is 2. The van der Waals surface area contributed by atoms with Crippen molar-refractivity contribution in [3.05, 3.63) is 82.4 Å². The maximum Gasteiger partial charge on any atom is 0.407 e. The third kappa shape index (κ3) is 5.70. The fraction of sp³-hybridized carbons (Fsp3) is 0.344. The molecule has 1 spiro atoms. The zero-order valence-corrected chi connectivity index (χ0v) is 23.8. The number of esters is 1. The average Bonchev–Trinajstić information content (AvgIpc) is 3.20. The highest BCUT2D eigenvalue weighted by molar-refractivity contribution is 6.00. The summed E-state index contributed by atoms with van der Waals surface area (Å²) in [4.78, 5) is 37.9. The Kier molecular flexibility index (Phi) is 7.73. The molecule has 0 saturated heterocycles. The Labute approximate surface area is 243 Å². The van der Waals surface area contributed by atoms with Gasteiger partial charge in [0.05, 0.1) is 5.56 Å². The monoisotopic (exact) mass is 574 g/mol. The highest BCUT2D eigenvalue weighted by Gasteiger charge is 2.53. The van der Waals surface area contributed by atoms with Crippen molar-refractivity contribution in [3.63, 3.8) is 0 Å². The number of hydrogen-bond acceptors (Lipinski definition) is 8. The van der Waals surface area contributed by atoms with Crippen LogP contribution in [0.25, 0.3) is 0 Å². The number of amides is 2. The Morgan fingerprint density at radius 2 is 1.40 bits per heavy atom. The van der Waals surface area contributed by atoms with E-state index in [4.69, 9.17) is 14.2 Å². The number of alkyl carbamates (subject to hydrolysis) is 1. The lowest BCUT2D eigenvalue weighted by Gasteiger charge is -2.36. The molecule has 3 aromatic rings. The molecular weight excluding hydrogens is 540 g/mol. The summed E-state index contributed by atoms with van der Waals surface area (Å²) in [7, 11) is 0. The lowest BCUT2D eigenvalue weighted by Crippen LogP contribution is -2.33. The van der Waals surface area contributed by atoms with E-state index >= 15 is 0 Å². The van der Waals surface area contributed by atoms with Gasteiger partial charge in [0.2, 0.25) is 0 Å². The van der Waals surface area contributed by atoms with Crippen LogP contribution in [0, 0.1) is 0 Å². The van der Waals surface area contributed by atoms with Crippen molar-refractivity contribution < 1.29 is 38.8 Å². The number of carbonyl (C=O) groups is 3. The maximum atomic E-state index is 13.1. The Hall–Kier alpha value is -4.73. The number of unbranched alkanes of at least 4 members (excludes halogenated alkanes) is 3. The average molecular weight is 575 g/mol. The summed E-state index contributed by atoms with van der Waals surface area (Å²) in [5.74, 6) is -0.385. The van der Waals surface area contributed by atoms with Gasteiger partial charge in [0.1, 0.15) is 28.6 Å². The third-order valence-corrected chi connectivity index (χ3v) is 7.09. The van der Waals surface area contributed by atoms with Crippen LogP contribution in [0.1, 0.15) is 83.9 Å². The quantitative estimate of drug-likeness (QED) is 0.205. The van der Waals surface area contributed by atoms with E-state index in [1.54, 1.807) is 30.3 Å². The molecule has 4 N–H and O–H groups in total. The van der Waals surface area contributed by atoms with Crippen LogP contribution < -0.4 is 15.4 Å². The van der Waals surface area contributed by atoms with E-state index in [0.29, 0.717) is 40.9 Å². The number of aromatic hydroxyl groups is 2. The first kappa shape index (κ1) is 28.8. The van der Waals surface area contributed by atoms with Crippen LogP contribution >= 0.6 is 0 Å². The van der Waals surface area contributed by atoms with E-state index in [1.807, 2.05) is 20.8 Å². The number of hydrogen-bond donors (Lipinski definition) is 4. The van der Waals surface area contributed by atoms with Gasteiger partial charge in [-0.2, -0.15) is 0 Å². The van der Waals surface area contributed by atoms with E-state index in [1.165, 1.54) is 24.3 Å². The largest absolute Gasteiger partial charge is 0.508 e. The molecule has 0 aromatic heterocycles. The van der Waals surface area contributed by atoms with E-state index in [0.717, 1.165) is 25.7 Å². The second kappa shape index (κ2) is 11.3. The Bertz CT molecular complexity index is 1490. The van der Waals surface area contributed by atoms with Crippen LogP contribution in [-0.2, 0) is 15.1 Å². The summed E-state index contributed by atoms with van der Waals surface area (Å²) in [5.41, 5.74) is 0.165. The summed E-state index contributed by atoms with van der Waals surface area (Å²) in [6.45, 7) is 6.44. The molecule has 3 aromatic carbocycles. The summed E-state index contributed by atoms with van der Waals surface area (Å²) in [6, 6.07) is 13.9. The third-order valence-electron chi connectivity index (χ3n) is 7.09. The van der Waals surface area contributed by atoms with E-state index < -0.39 is 23.3 Å². The Morgan fingerprint density at radius 3 is 2.00 bits per heavy atom. The highest BCUT2D eigenvalue weighted by atomic mass is 16.6. The predicted molar refractivity (Wildman–Crippen MR) is 153 cm³/mol. The van der Waals surface area contributed by atoms with Crippen molar-refractivity contribution in [2.45, 2.75) is 57.7 Å². The molecular formula is C32H34N2O8. The molecule has 0 radical (unpaired) electrons. The van der Waals surface area contributed by atoms with Crippen LogP contribution in [0.5, 0.6) is 23.0 Å². The van der Waals surface area contributed by atoms with Crippen molar-refractivity contribution in [3.8, 4) is 23.0 Å². The SMILES string of the molecule is CC(C)(C)OC(=O)NCCCCCCNC(=O)c1ccc2c(c1)C1(OC2=O)c2ccc(O)cc2Oc2cc(O)ccc21. The minimum absolute atomic E-state index is 0.0375. The number of benzene rings is 3. The molecule has 5 rings (SSSR count). The van der Waals surface area contributed by atoms with Gasteiger partial charge in [-0.25, -0.2) is 9.59 Å². The zero-order chi connectivity index (χ0) is 30.1. The van der Waals surface area contributed by atoms with Gasteiger partial charge in [-0.1, -0.05) is 12.8 Å². The molecule has 220 valence electrons. The number of carbonyl (C=O) groups excluding carboxylic acids is 3. The smallest absolute Gasteiger partial charge is 0.407 e. The van der Waals surface area contributed by atoms with Crippen molar-refractivity contribution in [2.24, 2.45) is 0 Å². The van der Waals surface area contributed by atoms with Gasteiger partial charge in [0.25, 0.3) is 5.91 Å². The number of nitrogens with one attached hydrogen (secondary N) is 2. The zero-order valence-electron chi connectivity index (χ0n) is 23.8. The van der Waals surface area contributed by atoms with Crippen molar-refractivity contribution in [1.29, 1.82) is 0 Å². The minimum atomic E-state index is -1.43. The molecule has 0 fully saturated rings. The molecule has 42 heavy (non-hydrogen) atoms. The van der Waals surface area contributed by atoms with Crippen molar-refractivity contribution in [1.82, 2.24) is 10.6 Å². The van der Waals surface area contributed by atoms with E-state index in [9.17, 15) is 24.6 Å². The van der Waals surface area contributed by atoms with E-state index in [2.05, 4.69) is 10.6 Å². The number of rotatable bonds is 8. The number of fused-ring (bicyclic) bond motifs is 6. The molecule has 0 atom stereocenters. The molecule has 0 bridgehead atoms. The molecule has 2 aliphatic rings. The van der Waals surface area contributed by atoms with E-state index in [-0.39, 0.29) is 28.9 Å². The summed E-state index contributed by atoms with van der Waals surface area (Å²) in [6.07, 6.45) is 2.90. The summed E-state index contributed by atoms with van der Waals surface area (Å²) in [5, 5.41) is 25.9. The van der Waals surface area contributed by atoms with Gasteiger partial charge in [-0.3, -0.25) is 4.79 Å². The van der Waals surface area contributed by atoms with Crippen molar-refractivity contribution in [2.75, 3.05) is 13.1 Å². The molecule has 0 saturated carbocycles. The molecule has 10 nitrogen and oxygen atoms in total.